The molecule has 0 bridgehead atoms. The maximum atomic E-state index is 13.3. The number of hydrogen-bond acceptors (Lipinski definition) is 5. The van der Waals surface area contributed by atoms with E-state index in [1.54, 1.807) is 0 Å². The summed E-state index contributed by atoms with van der Waals surface area (Å²) in [6, 6.07) is 17.5. The predicted octanol–water partition coefficient (Wildman–Crippen LogP) is 5.35. The van der Waals surface area contributed by atoms with Crippen molar-refractivity contribution in [1.29, 1.82) is 5.26 Å². The van der Waals surface area contributed by atoms with Gasteiger partial charge in [-0.15, -0.1) is 0 Å². The largest absolute Gasteiger partial charge is 0.494 e. The lowest BCUT2D eigenvalue weighted by atomic mass is 10.0. The summed E-state index contributed by atoms with van der Waals surface area (Å²) in [5.74, 6) is 1.28. The highest BCUT2D eigenvalue weighted by Gasteiger charge is 2.39. The van der Waals surface area contributed by atoms with Gasteiger partial charge in [-0.05, 0) is 86.3 Å². The molecule has 0 spiro atoms. The van der Waals surface area contributed by atoms with Crippen molar-refractivity contribution in [3.63, 3.8) is 0 Å². The number of nitriles is 1. The predicted molar refractivity (Wildman–Crippen MR) is 145 cm³/mol. The highest BCUT2D eigenvalue weighted by Crippen LogP contribution is 2.27. The fraction of sp³-hybridized carbons (Fsp3) is 0.500. The number of carbonyl (C=O) groups excluding carboxylic acids is 2. The Balaban J connectivity index is 1.10. The van der Waals surface area contributed by atoms with E-state index in [1.165, 1.54) is 5.01 Å². The molecule has 0 aromatic heterocycles. The first-order valence-corrected chi connectivity index (χ1v) is 14.0. The SMILES string of the molecule is N#Cc1ccc(-c2ccc(OCCC[C@@H]3CCN(N(C(=O)N4CCCC4)C(=O)N4CCCC4)C3)cc2)cc1. The maximum absolute atomic E-state index is 13.3. The normalized spacial score (nSPS) is 19.5. The molecule has 2 aromatic carbocycles. The van der Waals surface area contributed by atoms with Crippen LogP contribution in [0.4, 0.5) is 9.59 Å². The summed E-state index contributed by atoms with van der Waals surface area (Å²) in [5.41, 5.74) is 2.81. The Bertz CT molecular complexity index is 1100. The van der Waals surface area contributed by atoms with Crippen molar-refractivity contribution in [3.05, 3.63) is 54.1 Å². The number of likely N-dealkylation sites (tertiary alicyclic amines) is 2. The Hall–Kier alpha value is -3.57. The van der Waals surface area contributed by atoms with Crippen molar-refractivity contribution >= 4 is 12.1 Å². The topological polar surface area (TPSA) is 80.1 Å². The molecular weight excluding hydrogens is 478 g/mol. The Morgan fingerprint density at radius 2 is 1.39 bits per heavy atom. The zero-order chi connectivity index (χ0) is 26.3. The number of benzene rings is 2. The van der Waals surface area contributed by atoms with Crippen LogP contribution >= 0.6 is 0 Å². The van der Waals surface area contributed by atoms with Crippen LogP contribution in [0.25, 0.3) is 11.1 Å². The lowest BCUT2D eigenvalue weighted by molar-refractivity contribution is 0.0327. The highest BCUT2D eigenvalue weighted by molar-refractivity contribution is 5.93. The molecule has 0 radical (unpaired) electrons. The summed E-state index contributed by atoms with van der Waals surface area (Å²) in [7, 11) is 0. The Morgan fingerprint density at radius 1 is 0.842 bits per heavy atom. The number of rotatable bonds is 7. The van der Waals surface area contributed by atoms with Crippen molar-refractivity contribution in [1.82, 2.24) is 19.8 Å². The molecule has 0 unspecified atom stereocenters. The van der Waals surface area contributed by atoms with Crippen LogP contribution in [-0.2, 0) is 0 Å². The minimum atomic E-state index is -0.146. The number of ether oxygens (including phenoxy) is 1. The Labute approximate surface area is 225 Å². The molecule has 8 nitrogen and oxygen atoms in total. The van der Waals surface area contributed by atoms with E-state index < -0.39 is 0 Å². The second-order valence-corrected chi connectivity index (χ2v) is 10.5. The summed E-state index contributed by atoms with van der Waals surface area (Å²) in [6.07, 6.45) is 6.96. The highest BCUT2D eigenvalue weighted by atomic mass is 16.5. The van der Waals surface area contributed by atoms with Crippen LogP contribution in [0.15, 0.2) is 48.5 Å². The van der Waals surface area contributed by atoms with E-state index in [0.29, 0.717) is 18.1 Å². The number of hydrogen-bond donors (Lipinski definition) is 0. The van der Waals surface area contributed by atoms with Crippen molar-refractivity contribution in [3.8, 4) is 22.9 Å². The molecule has 8 heteroatoms. The van der Waals surface area contributed by atoms with Crippen molar-refractivity contribution in [2.24, 2.45) is 5.92 Å². The molecule has 2 aromatic rings. The molecule has 0 saturated carbocycles. The van der Waals surface area contributed by atoms with Crippen LogP contribution in [0.2, 0.25) is 0 Å². The monoisotopic (exact) mass is 515 g/mol. The number of amides is 4. The summed E-state index contributed by atoms with van der Waals surface area (Å²) in [5, 5.41) is 12.4. The van der Waals surface area contributed by atoms with Gasteiger partial charge in [-0.3, -0.25) is 0 Å². The third-order valence-electron chi connectivity index (χ3n) is 7.89. The molecule has 3 saturated heterocycles. The standard InChI is InChI=1S/C30H37N5O3/c31-22-24-7-9-26(10-8-24)27-11-13-28(14-12-27)38-21-5-6-25-15-20-34(23-25)35(29(36)32-16-1-2-17-32)30(37)33-18-3-4-19-33/h7-14,25H,1-6,15-21,23H2/t25-/m1/s1. The van der Waals surface area contributed by atoms with E-state index in [1.807, 2.05) is 63.3 Å². The number of urea groups is 2. The van der Waals surface area contributed by atoms with E-state index in [0.717, 1.165) is 101 Å². The number of imide groups is 1. The van der Waals surface area contributed by atoms with Gasteiger partial charge in [0, 0.05) is 39.3 Å². The first-order chi connectivity index (χ1) is 18.6. The van der Waals surface area contributed by atoms with Gasteiger partial charge in [-0.1, -0.05) is 24.3 Å². The smallest absolute Gasteiger partial charge is 0.343 e. The molecule has 3 heterocycles. The zero-order valence-corrected chi connectivity index (χ0v) is 22.1. The van der Waals surface area contributed by atoms with Crippen LogP contribution < -0.4 is 4.74 Å². The van der Waals surface area contributed by atoms with E-state index >= 15 is 0 Å². The molecule has 200 valence electrons. The summed E-state index contributed by atoms with van der Waals surface area (Å²) in [6.45, 7) is 5.07. The van der Waals surface area contributed by atoms with Gasteiger partial charge in [-0.25, -0.2) is 14.6 Å². The van der Waals surface area contributed by atoms with Gasteiger partial charge < -0.3 is 14.5 Å². The zero-order valence-electron chi connectivity index (χ0n) is 22.1. The number of nitrogens with zero attached hydrogens (tertiary/aromatic N) is 5. The number of hydrazine groups is 1. The molecule has 4 amide bonds. The quantitative estimate of drug-likeness (QED) is 0.464. The Morgan fingerprint density at radius 3 is 1.95 bits per heavy atom. The molecule has 3 aliphatic heterocycles. The van der Waals surface area contributed by atoms with Gasteiger partial charge in [0.05, 0.1) is 18.2 Å². The second kappa shape index (κ2) is 12.3. The third kappa shape index (κ3) is 6.11. The fourth-order valence-electron chi connectivity index (χ4n) is 5.68. The van der Waals surface area contributed by atoms with Crippen molar-refractivity contribution in [2.75, 3.05) is 45.9 Å². The van der Waals surface area contributed by atoms with Gasteiger partial charge in [0.15, 0.2) is 0 Å². The van der Waals surface area contributed by atoms with Crippen LogP contribution in [0.5, 0.6) is 5.75 Å². The van der Waals surface area contributed by atoms with E-state index in [4.69, 9.17) is 10.00 Å². The minimum Gasteiger partial charge on any atom is -0.494 e. The first kappa shape index (κ1) is 26.1. The summed E-state index contributed by atoms with van der Waals surface area (Å²) >= 11 is 0. The lowest BCUT2D eigenvalue weighted by Crippen LogP contribution is -2.57. The fourth-order valence-corrected chi connectivity index (χ4v) is 5.68. The summed E-state index contributed by atoms with van der Waals surface area (Å²) < 4.78 is 5.99. The van der Waals surface area contributed by atoms with Crippen LogP contribution in [0, 0.1) is 17.2 Å². The average molecular weight is 516 g/mol. The third-order valence-corrected chi connectivity index (χ3v) is 7.89. The number of carbonyl (C=O) groups is 2. The maximum Gasteiger partial charge on any atom is 0.343 e. The van der Waals surface area contributed by atoms with Gasteiger partial charge >= 0.3 is 12.1 Å². The van der Waals surface area contributed by atoms with Gasteiger partial charge in [0.2, 0.25) is 0 Å². The molecule has 3 aliphatic rings. The molecule has 3 fully saturated rings. The average Bonchev–Trinajstić information content (AvgIpc) is 3.75. The van der Waals surface area contributed by atoms with Crippen LogP contribution in [-0.4, -0.2) is 77.8 Å². The first-order valence-electron chi connectivity index (χ1n) is 14.0. The van der Waals surface area contributed by atoms with Crippen LogP contribution in [0.1, 0.15) is 50.5 Å². The second-order valence-electron chi connectivity index (χ2n) is 10.5. The lowest BCUT2D eigenvalue weighted by Gasteiger charge is -2.35. The van der Waals surface area contributed by atoms with Gasteiger partial charge in [0.25, 0.3) is 0 Å². The molecule has 38 heavy (non-hydrogen) atoms. The van der Waals surface area contributed by atoms with Crippen LogP contribution in [0.3, 0.4) is 0 Å². The van der Waals surface area contributed by atoms with Crippen molar-refractivity contribution < 1.29 is 14.3 Å². The Kier molecular flexibility index (Phi) is 8.44. The van der Waals surface area contributed by atoms with E-state index in [-0.39, 0.29) is 12.1 Å². The molecule has 0 aliphatic carbocycles. The van der Waals surface area contributed by atoms with Gasteiger partial charge in [-0.2, -0.15) is 10.3 Å². The summed E-state index contributed by atoms with van der Waals surface area (Å²) in [4.78, 5) is 30.3. The van der Waals surface area contributed by atoms with Crippen molar-refractivity contribution in [2.45, 2.75) is 44.9 Å². The molecular formula is C30H37N5O3. The molecule has 1 atom stereocenters. The molecule has 5 rings (SSSR count). The van der Waals surface area contributed by atoms with Gasteiger partial charge in [0.1, 0.15) is 5.75 Å². The van der Waals surface area contributed by atoms with E-state index in [9.17, 15) is 9.59 Å². The van der Waals surface area contributed by atoms with E-state index in [2.05, 4.69) is 6.07 Å². The minimum absolute atomic E-state index is 0.146. The molecule has 0 N–H and O–H groups in total.